The molecule has 1 unspecified atom stereocenters. The zero-order valence-electron chi connectivity index (χ0n) is 15.2. The van der Waals surface area contributed by atoms with Gasteiger partial charge in [-0.2, -0.15) is 0 Å². The minimum absolute atomic E-state index is 0.00284. The summed E-state index contributed by atoms with van der Waals surface area (Å²) in [5.41, 5.74) is 1.51. The van der Waals surface area contributed by atoms with Gasteiger partial charge in [0.2, 0.25) is 5.91 Å². The lowest BCUT2D eigenvalue weighted by Crippen LogP contribution is -2.36. The minimum Gasteiger partial charge on any atom is -0.497 e. The third-order valence-electron chi connectivity index (χ3n) is 5.09. The number of nitrogens with zero attached hydrogens (tertiary/aromatic N) is 3. The summed E-state index contributed by atoms with van der Waals surface area (Å²) >= 11 is 0. The van der Waals surface area contributed by atoms with Crippen LogP contribution in [0.25, 0.3) is 10.9 Å². The Hall–Kier alpha value is -3.15. The third-order valence-corrected chi connectivity index (χ3v) is 5.09. The number of likely N-dealkylation sites (tertiary alicyclic amines) is 1. The van der Waals surface area contributed by atoms with Crippen LogP contribution in [-0.4, -0.2) is 34.0 Å². The summed E-state index contributed by atoms with van der Waals surface area (Å²) in [6.07, 6.45) is 3.31. The molecule has 4 rings (SSSR count). The number of carbonyl (C=O) groups is 1. The van der Waals surface area contributed by atoms with Crippen molar-refractivity contribution >= 4 is 16.8 Å². The normalized spacial score (nSPS) is 16.6. The van der Waals surface area contributed by atoms with Gasteiger partial charge in [0.15, 0.2) is 0 Å². The fraction of sp³-hybridized carbons (Fsp3) is 0.286. The molecule has 1 aromatic heterocycles. The van der Waals surface area contributed by atoms with Crippen LogP contribution in [0.5, 0.6) is 5.75 Å². The van der Waals surface area contributed by atoms with Crippen LogP contribution in [0, 0.1) is 0 Å². The van der Waals surface area contributed by atoms with Crippen molar-refractivity contribution in [1.82, 2.24) is 14.5 Å². The van der Waals surface area contributed by atoms with E-state index in [1.807, 2.05) is 35.2 Å². The zero-order valence-corrected chi connectivity index (χ0v) is 15.2. The van der Waals surface area contributed by atoms with E-state index >= 15 is 0 Å². The molecule has 138 valence electrons. The number of para-hydroxylation sites is 1. The first kappa shape index (κ1) is 17.3. The molecule has 27 heavy (non-hydrogen) atoms. The van der Waals surface area contributed by atoms with Crippen LogP contribution in [0.3, 0.4) is 0 Å². The number of carbonyl (C=O) groups excluding carboxylic acids is 1. The average molecular weight is 363 g/mol. The molecule has 0 aliphatic carbocycles. The van der Waals surface area contributed by atoms with E-state index in [0.717, 1.165) is 24.2 Å². The summed E-state index contributed by atoms with van der Waals surface area (Å²) in [7, 11) is 1.63. The quantitative estimate of drug-likeness (QED) is 0.715. The van der Waals surface area contributed by atoms with Gasteiger partial charge in [0.1, 0.15) is 12.3 Å². The Bertz CT molecular complexity index is 1040. The lowest BCUT2D eigenvalue weighted by Gasteiger charge is -2.25. The molecule has 0 bridgehead atoms. The van der Waals surface area contributed by atoms with Gasteiger partial charge < -0.3 is 9.64 Å². The maximum absolute atomic E-state index is 12.9. The number of amides is 1. The fourth-order valence-corrected chi connectivity index (χ4v) is 3.72. The highest BCUT2D eigenvalue weighted by Gasteiger charge is 2.30. The van der Waals surface area contributed by atoms with Gasteiger partial charge >= 0.3 is 0 Å². The highest BCUT2D eigenvalue weighted by Crippen LogP contribution is 2.33. The molecule has 1 atom stereocenters. The molecule has 1 fully saturated rings. The summed E-state index contributed by atoms with van der Waals surface area (Å²) in [6, 6.07) is 15.0. The van der Waals surface area contributed by atoms with Crippen LogP contribution in [-0.2, 0) is 11.3 Å². The van der Waals surface area contributed by atoms with Gasteiger partial charge in [0, 0.05) is 6.54 Å². The van der Waals surface area contributed by atoms with Crippen molar-refractivity contribution < 1.29 is 9.53 Å². The van der Waals surface area contributed by atoms with Crippen molar-refractivity contribution in [3.63, 3.8) is 0 Å². The first-order valence-electron chi connectivity index (χ1n) is 9.05. The maximum Gasteiger partial charge on any atom is 0.261 e. The van der Waals surface area contributed by atoms with Crippen molar-refractivity contribution in [3.8, 4) is 5.75 Å². The van der Waals surface area contributed by atoms with E-state index in [-0.39, 0.29) is 24.1 Å². The van der Waals surface area contributed by atoms with Gasteiger partial charge in [0.05, 0.1) is 30.4 Å². The number of hydrogen-bond donors (Lipinski definition) is 0. The maximum atomic E-state index is 12.9. The van der Waals surface area contributed by atoms with E-state index < -0.39 is 0 Å². The molecule has 0 radical (unpaired) electrons. The van der Waals surface area contributed by atoms with Gasteiger partial charge in [-0.15, -0.1) is 0 Å². The molecule has 2 heterocycles. The molecule has 2 aromatic carbocycles. The van der Waals surface area contributed by atoms with Gasteiger partial charge in [-0.1, -0.05) is 24.3 Å². The van der Waals surface area contributed by atoms with Crippen molar-refractivity contribution in [2.45, 2.75) is 25.4 Å². The lowest BCUT2D eigenvalue weighted by atomic mass is 10.0. The van der Waals surface area contributed by atoms with Crippen LogP contribution >= 0.6 is 0 Å². The Labute approximate surface area is 157 Å². The van der Waals surface area contributed by atoms with Crippen LogP contribution in [0.2, 0.25) is 0 Å². The number of methoxy groups -OCH3 is 1. The van der Waals surface area contributed by atoms with Crippen LogP contribution in [0.1, 0.15) is 24.4 Å². The first-order chi connectivity index (χ1) is 13.2. The number of ether oxygens (including phenoxy) is 1. The SMILES string of the molecule is COc1cccc(C2CCCN2C(=O)Cn2cnc3ccccc3c2=O)c1. The predicted molar refractivity (Wildman–Crippen MR) is 103 cm³/mol. The summed E-state index contributed by atoms with van der Waals surface area (Å²) in [6.45, 7) is 0.688. The van der Waals surface area contributed by atoms with E-state index in [9.17, 15) is 9.59 Å². The summed E-state index contributed by atoms with van der Waals surface area (Å²) in [5.74, 6) is 0.709. The minimum atomic E-state index is -0.189. The van der Waals surface area contributed by atoms with E-state index in [1.54, 1.807) is 25.3 Å². The lowest BCUT2D eigenvalue weighted by molar-refractivity contribution is -0.132. The molecule has 0 saturated carbocycles. The summed E-state index contributed by atoms with van der Waals surface area (Å²) < 4.78 is 6.70. The molecule has 0 N–H and O–H groups in total. The van der Waals surface area contributed by atoms with Crippen LogP contribution in [0.15, 0.2) is 59.7 Å². The fourth-order valence-electron chi connectivity index (χ4n) is 3.72. The Balaban J connectivity index is 1.59. The summed E-state index contributed by atoms with van der Waals surface area (Å²) in [4.78, 5) is 31.8. The molecule has 1 aliphatic rings. The van der Waals surface area contributed by atoms with Gasteiger partial charge in [-0.05, 0) is 42.7 Å². The first-order valence-corrected chi connectivity index (χ1v) is 9.05. The van der Waals surface area contributed by atoms with E-state index in [2.05, 4.69) is 4.98 Å². The highest BCUT2D eigenvalue weighted by molar-refractivity contribution is 5.79. The van der Waals surface area contributed by atoms with E-state index in [1.165, 1.54) is 10.9 Å². The third kappa shape index (κ3) is 3.30. The Morgan fingerprint density at radius 1 is 1.22 bits per heavy atom. The molecule has 6 nitrogen and oxygen atoms in total. The molecular weight excluding hydrogens is 342 g/mol. The molecule has 6 heteroatoms. The monoisotopic (exact) mass is 363 g/mol. The van der Waals surface area contributed by atoms with Crippen LogP contribution in [0.4, 0.5) is 0 Å². The molecule has 1 aliphatic heterocycles. The second kappa shape index (κ2) is 7.23. The Morgan fingerprint density at radius 2 is 2.07 bits per heavy atom. The van der Waals surface area contributed by atoms with Gasteiger partial charge in [-0.3, -0.25) is 14.2 Å². The smallest absolute Gasteiger partial charge is 0.261 e. The molecule has 1 amide bonds. The Morgan fingerprint density at radius 3 is 2.93 bits per heavy atom. The number of fused-ring (bicyclic) bond motifs is 1. The second-order valence-corrected chi connectivity index (χ2v) is 6.72. The number of hydrogen-bond acceptors (Lipinski definition) is 4. The topological polar surface area (TPSA) is 64.4 Å². The van der Waals surface area contributed by atoms with Crippen molar-refractivity contribution in [3.05, 3.63) is 70.8 Å². The summed E-state index contributed by atoms with van der Waals surface area (Å²) in [5, 5.41) is 0.526. The number of rotatable bonds is 4. The second-order valence-electron chi connectivity index (χ2n) is 6.72. The number of benzene rings is 2. The van der Waals surface area contributed by atoms with Crippen LogP contribution < -0.4 is 10.3 Å². The molecule has 3 aromatic rings. The van der Waals surface area contributed by atoms with Crippen molar-refractivity contribution in [2.24, 2.45) is 0 Å². The zero-order chi connectivity index (χ0) is 18.8. The Kier molecular flexibility index (Phi) is 4.62. The molecular formula is C21H21N3O3. The van der Waals surface area contributed by atoms with Crippen molar-refractivity contribution in [1.29, 1.82) is 0 Å². The highest BCUT2D eigenvalue weighted by atomic mass is 16.5. The van der Waals surface area contributed by atoms with E-state index in [4.69, 9.17) is 4.74 Å². The molecule has 1 saturated heterocycles. The molecule has 0 spiro atoms. The standard InChI is InChI=1S/C21H21N3O3/c1-27-16-7-4-6-15(12-16)19-10-5-11-24(19)20(25)13-23-14-22-18-9-3-2-8-17(18)21(23)26/h2-4,6-9,12,14,19H,5,10-11,13H2,1H3. The number of aromatic nitrogens is 2. The average Bonchev–Trinajstić information content (AvgIpc) is 3.20. The van der Waals surface area contributed by atoms with Gasteiger partial charge in [0.25, 0.3) is 5.56 Å². The van der Waals surface area contributed by atoms with Crippen molar-refractivity contribution in [2.75, 3.05) is 13.7 Å². The predicted octanol–water partition coefficient (Wildman–Crippen LogP) is 2.77. The van der Waals surface area contributed by atoms with Gasteiger partial charge in [-0.25, -0.2) is 4.98 Å². The largest absolute Gasteiger partial charge is 0.497 e. The van der Waals surface area contributed by atoms with E-state index in [0.29, 0.717) is 17.4 Å².